The predicted molar refractivity (Wildman–Crippen MR) is 149 cm³/mol. The molecule has 0 N–H and O–H groups in total. The summed E-state index contributed by atoms with van der Waals surface area (Å²) >= 11 is 9.38. The van der Waals surface area contributed by atoms with Crippen LogP contribution >= 0.6 is 27.5 Å². The maximum Gasteiger partial charge on any atom is 0.243 e. The summed E-state index contributed by atoms with van der Waals surface area (Å²) in [5, 5.41) is 0.601. The molecule has 0 aromatic heterocycles. The van der Waals surface area contributed by atoms with Crippen molar-refractivity contribution in [3.63, 3.8) is 0 Å². The van der Waals surface area contributed by atoms with E-state index in [9.17, 15) is 13.2 Å². The molecule has 1 heterocycles. The summed E-state index contributed by atoms with van der Waals surface area (Å²) in [4.78, 5) is 15.4. The lowest BCUT2D eigenvalue weighted by molar-refractivity contribution is -0.134. The lowest BCUT2D eigenvalue weighted by atomic mass is 9.78. The molecule has 1 aliphatic rings. The SMILES string of the molecule is CN(Cc1ccccc1)C(=O)C[C@@]1(COc2ccc(Cl)cc2)CCCN(S(=O)(=O)c2ccc(Br)cc2)C1. The van der Waals surface area contributed by atoms with Gasteiger partial charge in [-0.2, -0.15) is 4.31 Å². The molecule has 1 aliphatic heterocycles. The molecule has 1 atom stereocenters. The Bertz CT molecular complexity index is 1300. The number of piperidine rings is 1. The maximum atomic E-state index is 13.5. The quantitative estimate of drug-likeness (QED) is 0.300. The third-order valence-electron chi connectivity index (χ3n) is 6.65. The molecular weight excluding hydrogens is 576 g/mol. The van der Waals surface area contributed by atoms with E-state index in [0.717, 1.165) is 10.0 Å². The molecule has 0 radical (unpaired) electrons. The third kappa shape index (κ3) is 7.13. The second-order valence-corrected chi connectivity index (χ2v) is 12.8. The normalized spacial score (nSPS) is 18.4. The summed E-state index contributed by atoms with van der Waals surface area (Å²) in [6, 6.07) is 23.5. The molecule has 1 amide bonds. The lowest BCUT2D eigenvalue weighted by Gasteiger charge is -2.42. The maximum absolute atomic E-state index is 13.5. The number of carbonyl (C=O) groups is 1. The van der Waals surface area contributed by atoms with Crippen molar-refractivity contribution in [3.05, 3.63) is 93.9 Å². The van der Waals surface area contributed by atoms with Crippen LogP contribution in [0.5, 0.6) is 5.75 Å². The molecule has 0 bridgehead atoms. The van der Waals surface area contributed by atoms with Crippen LogP contribution in [-0.4, -0.2) is 50.3 Å². The third-order valence-corrected chi connectivity index (χ3v) is 9.29. The van der Waals surface area contributed by atoms with Gasteiger partial charge >= 0.3 is 0 Å². The highest BCUT2D eigenvalue weighted by atomic mass is 79.9. The van der Waals surface area contributed by atoms with Gasteiger partial charge in [0.2, 0.25) is 15.9 Å². The minimum Gasteiger partial charge on any atom is -0.493 e. The van der Waals surface area contributed by atoms with Crippen molar-refractivity contribution < 1.29 is 17.9 Å². The number of nitrogens with zero attached hydrogens (tertiary/aromatic N) is 2. The molecule has 1 fully saturated rings. The number of carbonyl (C=O) groups excluding carboxylic acids is 1. The topological polar surface area (TPSA) is 66.9 Å². The first-order valence-corrected chi connectivity index (χ1v) is 14.7. The fraction of sp³-hybridized carbons (Fsp3) is 0.321. The average molecular weight is 606 g/mol. The zero-order valence-corrected chi connectivity index (χ0v) is 23.8. The van der Waals surface area contributed by atoms with Gasteiger partial charge in [-0.25, -0.2) is 8.42 Å². The van der Waals surface area contributed by atoms with Crippen molar-refractivity contribution in [1.82, 2.24) is 9.21 Å². The average Bonchev–Trinajstić information content (AvgIpc) is 2.89. The van der Waals surface area contributed by atoms with Crippen LogP contribution in [0.1, 0.15) is 24.8 Å². The molecular formula is C28H30BrClN2O4S. The van der Waals surface area contributed by atoms with Gasteiger partial charge in [-0.1, -0.05) is 57.9 Å². The van der Waals surface area contributed by atoms with E-state index in [1.165, 1.54) is 4.31 Å². The summed E-state index contributed by atoms with van der Waals surface area (Å²) < 4.78 is 35.5. The molecule has 0 spiro atoms. The molecule has 3 aromatic rings. The van der Waals surface area contributed by atoms with Gasteiger partial charge in [0.1, 0.15) is 5.75 Å². The standard InChI is InChI=1S/C28H30BrClN2O4S/c1-31(19-22-6-3-2-4-7-22)27(33)18-28(21-36-25-12-10-24(30)11-13-25)16-5-17-32(20-28)37(34,35)26-14-8-23(29)9-15-26/h2-4,6-15H,5,16-21H2,1H3/t28-/m0/s1. The minimum atomic E-state index is -3.73. The zero-order chi connectivity index (χ0) is 26.5. The molecule has 1 saturated heterocycles. The number of amides is 1. The molecule has 0 unspecified atom stereocenters. The summed E-state index contributed by atoms with van der Waals surface area (Å²) in [6.07, 6.45) is 1.49. The van der Waals surface area contributed by atoms with Crippen LogP contribution in [0.25, 0.3) is 0 Å². The molecule has 6 nitrogen and oxygen atoms in total. The monoisotopic (exact) mass is 604 g/mol. The van der Waals surface area contributed by atoms with Crippen molar-refractivity contribution in [2.24, 2.45) is 5.41 Å². The number of ether oxygens (including phenoxy) is 1. The smallest absolute Gasteiger partial charge is 0.243 e. The molecule has 3 aromatic carbocycles. The van der Waals surface area contributed by atoms with Crippen molar-refractivity contribution in [1.29, 1.82) is 0 Å². The van der Waals surface area contributed by atoms with E-state index in [0.29, 0.717) is 36.7 Å². The number of halogens is 2. The number of sulfonamides is 1. The van der Waals surface area contributed by atoms with Crippen LogP contribution in [0.2, 0.25) is 5.02 Å². The van der Waals surface area contributed by atoms with Crippen LogP contribution in [-0.2, 0) is 21.4 Å². The van der Waals surface area contributed by atoms with E-state index in [-0.39, 0.29) is 30.4 Å². The van der Waals surface area contributed by atoms with E-state index in [2.05, 4.69) is 15.9 Å². The number of benzene rings is 3. The van der Waals surface area contributed by atoms with Gasteiger partial charge in [-0.3, -0.25) is 4.79 Å². The zero-order valence-electron chi connectivity index (χ0n) is 20.6. The number of hydrogen-bond donors (Lipinski definition) is 0. The van der Waals surface area contributed by atoms with Gasteiger partial charge in [-0.15, -0.1) is 0 Å². The van der Waals surface area contributed by atoms with Crippen molar-refractivity contribution in [2.75, 3.05) is 26.7 Å². The molecule has 196 valence electrons. The first kappa shape index (κ1) is 27.6. The van der Waals surface area contributed by atoms with Crippen molar-refractivity contribution in [2.45, 2.75) is 30.7 Å². The highest BCUT2D eigenvalue weighted by Crippen LogP contribution is 2.37. The highest BCUT2D eigenvalue weighted by Gasteiger charge is 2.43. The second-order valence-electron chi connectivity index (χ2n) is 9.55. The van der Waals surface area contributed by atoms with Crippen LogP contribution in [0.15, 0.2) is 88.2 Å². The van der Waals surface area contributed by atoms with Gasteiger partial charge in [0.25, 0.3) is 0 Å². The van der Waals surface area contributed by atoms with Gasteiger partial charge < -0.3 is 9.64 Å². The Labute approximate surface area is 232 Å². The van der Waals surface area contributed by atoms with Crippen LogP contribution in [0.4, 0.5) is 0 Å². The highest BCUT2D eigenvalue weighted by molar-refractivity contribution is 9.10. The van der Waals surface area contributed by atoms with Gasteiger partial charge in [0, 0.05) is 48.0 Å². The first-order valence-electron chi connectivity index (χ1n) is 12.1. The largest absolute Gasteiger partial charge is 0.493 e. The van der Waals surface area contributed by atoms with Crippen molar-refractivity contribution in [3.8, 4) is 5.75 Å². The summed E-state index contributed by atoms with van der Waals surface area (Å²) in [5.74, 6) is 0.577. The molecule has 0 saturated carbocycles. The summed E-state index contributed by atoms with van der Waals surface area (Å²) in [6.45, 7) is 1.29. The Morgan fingerprint density at radius 2 is 1.73 bits per heavy atom. The van der Waals surface area contributed by atoms with E-state index < -0.39 is 15.4 Å². The van der Waals surface area contributed by atoms with Crippen LogP contribution in [0.3, 0.4) is 0 Å². The van der Waals surface area contributed by atoms with Gasteiger partial charge in [0.15, 0.2) is 0 Å². The summed E-state index contributed by atoms with van der Waals surface area (Å²) in [5.41, 5.74) is 0.357. The molecule has 4 rings (SSSR count). The van der Waals surface area contributed by atoms with Crippen LogP contribution in [0, 0.1) is 5.41 Å². The van der Waals surface area contributed by atoms with E-state index in [1.807, 2.05) is 30.3 Å². The van der Waals surface area contributed by atoms with E-state index >= 15 is 0 Å². The second kappa shape index (κ2) is 12.0. The lowest BCUT2D eigenvalue weighted by Crippen LogP contribution is -2.50. The first-order chi connectivity index (χ1) is 17.7. The Morgan fingerprint density at radius 3 is 2.41 bits per heavy atom. The fourth-order valence-electron chi connectivity index (χ4n) is 4.61. The molecule has 0 aliphatic carbocycles. The van der Waals surface area contributed by atoms with Gasteiger partial charge in [0.05, 0.1) is 11.5 Å². The fourth-order valence-corrected chi connectivity index (χ4v) is 6.59. The Balaban J connectivity index is 1.56. The Hall–Kier alpha value is -2.39. The summed E-state index contributed by atoms with van der Waals surface area (Å²) in [7, 11) is -1.95. The Morgan fingerprint density at radius 1 is 1.05 bits per heavy atom. The number of hydrogen-bond acceptors (Lipinski definition) is 4. The van der Waals surface area contributed by atoms with Crippen molar-refractivity contribution >= 4 is 43.5 Å². The predicted octanol–water partition coefficient (Wildman–Crippen LogP) is 6.00. The van der Waals surface area contributed by atoms with E-state index in [4.69, 9.17) is 16.3 Å². The molecule has 9 heteroatoms. The molecule has 37 heavy (non-hydrogen) atoms. The van der Waals surface area contributed by atoms with Gasteiger partial charge in [-0.05, 0) is 66.9 Å². The Kier molecular flexibility index (Phi) is 8.95. The van der Waals surface area contributed by atoms with Crippen LogP contribution < -0.4 is 4.74 Å². The van der Waals surface area contributed by atoms with E-state index in [1.54, 1.807) is 60.5 Å². The number of rotatable bonds is 9. The minimum absolute atomic E-state index is 0.0496.